The molecule has 19 heavy (non-hydrogen) atoms. The van der Waals surface area contributed by atoms with Crippen LogP contribution in [-0.4, -0.2) is 35.8 Å². The minimum absolute atomic E-state index is 0.0510. The molecule has 1 rings (SSSR count). The van der Waals surface area contributed by atoms with Crippen molar-refractivity contribution in [3.05, 3.63) is 29.8 Å². The van der Waals surface area contributed by atoms with Gasteiger partial charge in [0.15, 0.2) is 0 Å². The molecule has 0 aliphatic rings. The Labute approximate surface area is 119 Å². The van der Waals surface area contributed by atoms with Crippen LogP contribution in [0.1, 0.15) is 23.7 Å². The summed E-state index contributed by atoms with van der Waals surface area (Å²) in [6, 6.07) is 5.74. The summed E-state index contributed by atoms with van der Waals surface area (Å²) in [7, 11) is 0. The Morgan fingerprint density at radius 2 is 2.00 bits per heavy atom. The molecule has 0 unspecified atom stereocenters. The molecule has 6 heteroatoms. The summed E-state index contributed by atoms with van der Waals surface area (Å²) in [5, 5.41) is 0.831. The van der Waals surface area contributed by atoms with Crippen LogP contribution in [0.25, 0.3) is 0 Å². The summed E-state index contributed by atoms with van der Waals surface area (Å²) in [5.74, 6) is -0.0536. The van der Waals surface area contributed by atoms with Gasteiger partial charge in [-0.2, -0.15) is 8.78 Å². The zero-order valence-corrected chi connectivity index (χ0v) is 12.2. The van der Waals surface area contributed by atoms with E-state index >= 15 is 0 Å². The SMILES string of the molecule is CCN(CCCBr)C(=O)c1ccc(OC(F)F)cc1. The number of rotatable bonds is 7. The van der Waals surface area contributed by atoms with Crippen LogP contribution < -0.4 is 4.74 Å². The molecule has 0 bridgehead atoms. The van der Waals surface area contributed by atoms with Crippen LogP contribution in [0.15, 0.2) is 24.3 Å². The highest BCUT2D eigenvalue weighted by Crippen LogP contribution is 2.16. The molecule has 0 fully saturated rings. The van der Waals surface area contributed by atoms with Crippen LogP contribution in [0.3, 0.4) is 0 Å². The number of hydrogen-bond donors (Lipinski definition) is 0. The smallest absolute Gasteiger partial charge is 0.387 e. The van der Waals surface area contributed by atoms with Crippen LogP contribution in [0, 0.1) is 0 Å². The molecule has 1 amide bonds. The predicted molar refractivity (Wildman–Crippen MR) is 73.1 cm³/mol. The minimum atomic E-state index is -2.85. The molecule has 0 spiro atoms. The normalized spacial score (nSPS) is 10.6. The number of ether oxygens (including phenoxy) is 1. The van der Waals surface area contributed by atoms with Crippen LogP contribution in [0.2, 0.25) is 0 Å². The average Bonchev–Trinajstić information content (AvgIpc) is 2.39. The highest BCUT2D eigenvalue weighted by molar-refractivity contribution is 9.09. The molecule has 0 aromatic heterocycles. The molecule has 0 saturated heterocycles. The summed E-state index contributed by atoms with van der Waals surface area (Å²) in [6.07, 6.45) is 0.867. The Morgan fingerprint density at radius 3 is 2.47 bits per heavy atom. The summed E-state index contributed by atoms with van der Waals surface area (Å²) < 4.78 is 28.2. The highest BCUT2D eigenvalue weighted by Gasteiger charge is 2.14. The number of hydrogen-bond acceptors (Lipinski definition) is 2. The highest BCUT2D eigenvalue weighted by atomic mass is 79.9. The van der Waals surface area contributed by atoms with E-state index < -0.39 is 6.61 Å². The van der Waals surface area contributed by atoms with Gasteiger partial charge in [-0.05, 0) is 37.6 Å². The molecular weight excluding hydrogens is 320 g/mol. The molecule has 0 aliphatic carbocycles. The van der Waals surface area contributed by atoms with Crippen molar-refractivity contribution in [2.45, 2.75) is 20.0 Å². The largest absolute Gasteiger partial charge is 0.435 e. The van der Waals surface area contributed by atoms with Gasteiger partial charge in [-0.15, -0.1) is 0 Å². The maximum Gasteiger partial charge on any atom is 0.387 e. The third-order valence-corrected chi connectivity index (χ3v) is 3.12. The first-order valence-corrected chi connectivity index (χ1v) is 7.10. The first-order valence-electron chi connectivity index (χ1n) is 5.98. The zero-order chi connectivity index (χ0) is 14.3. The number of alkyl halides is 3. The van der Waals surface area contributed by atoms with Crippen LogP contribution in [-0.2, 0) is 0 Å². The topological polar surface area (TPSA) is 29.5 Å². The fraction of sp³-hybridized carbons (Fsp3) is 0.462. The van der Waals surface area contributed by atoms with E-state index in [1.807, 2.05) is 6.92 Å². The maximum atomic E-state index is 12.1. The number of amides is 1. The van der Waals surface area contributed by atoms with Crippen molar-refractivity contribution < 1.29 is 18.3 Å². The van der Waals surface area contributed by atoms with E-state index in [2.05, 4.69) is 20.7 Å². The first kappa shape index (κ1) is 15.9. The lowest BCUT2D eigenvalue weighted by Crippen LogP contribution is -2.31. The third kappa shape index (κ3) is 5.14. The molecule has 1 aromatic carbocycles. The molecule has 3 nitrogen and oxygen atoms in total. The van der Waals surface area contributed by atoms with Crippen LogP contribution in [0.5, 0.6) is 5.75 Å². The van der Waals surface area contributed by atoms with E-state index in [0.717, 1.165) is 11.8 Å². The lowest BCUT2D eigenvalue weighted by molar-refractivity contribution is -0.0498. The standard InChI is InChI=1S/C13H16BrF2NO2/c1-2-17(9-3-8-14)12(18)10-4-6-11(7-5-10)19-13(15)16/h4-7,13H,2-3,8-9H2,1H3. The Morgan fingerprint density at radius 1 is 1.37 bits per heavy atom. The predicted octanol–water partition coefficient (Wildman–Crippen LogP) is 3.54. The lowest BCUT2D eigenvalue weighted by Gasteiger charge is -2.20. The van der Waals surface area contributed by atoms with Gasteiger partial charge in [-0.3, -0.25) is 4.79 Å². The van der Waals surface area contributed by atoms with Crippen molar-refractivity contribution in [3.63, 3.8) is 0 Å². The molecule has 0 aliphatic heterocycles. The summed E-state index contributed by atoms with van der Waals surface area (Å²) in [4.78, 5) is 13.8. The van der Waals surface area contributed by atoms with Crippen LogP contribution in [0.4, 0.5) is 8.78 Å². The molecule has 0 atom stereocenters. The molecular formula is C13H16BrF2NO2. The van der Waals surface area contributed by atoms with Gasteiger partial charge in [-0.25, -0.2) is 0 Å². The number of benzene rings is 1. The monoisotopic (exact) mass is 335 g/mol. The molecule has 1 aromatic rings. The third-order valence-electron chi connectivity index (χ3n) is 2.56. The minimum Gasteiger partial charge on any atom is -0.435 e. The molecule has 0 N–H and O–H groups in total. The number of carbonyl (C=O) groups is 1. The van der Waals surface area contributed by atoms with Gasteiger partial charge in [0.25, 0.3) is 5.91 Å². The molecule has 0 heterocycles. The van der Waals surface area contributed by atoms with Crippen molar-refractivity contribution >= 4 is 21.8 Å². The average molecular weight is 336 g/mol. The summed E-state index contributed by atoms with van der Waals surface area (Å²) in [6.45, 7) is 0.324. The fourth-order valence-corrected chi connectivity index (χ4v) is 1.87. The van der Waals surface area contributed by atoms with Gasteiger partial charge >= 0.3 is 6.61 Å². The van der Waals surface area contributed by atoms with Gasteiger partial charge < -0.3 is 9.64 Å². The summed E-state index contributed by atoms with van der Waals surface area (Å²) in [5.41, 5.74) is 0.470. The van der Waals surface area contributed by atoms with Gasteiger partial charge in [0.2, 0.25) is 0 Å². The van der Waals surface area contributed by atoms with E-state index in [1.165, 1.54) is 24.3 Å². The van der Waals surface area contributed by atoms with Crippen molar-refractivity contribution in [2.75, 3.05) is 18.4 Å². The molecule has 0 saturated carbocycles. The number of halogens is 3. The molecule has 106 valence electrons. The van der Waals surface area contributed by atoms with E-state index in [4.69, 9.17) is 0 Å². The Balaban J connectivity index is 2.70. The maximum absolute atomic E-state index is 12.1. The Bertz CT molecular complexity index is 398. The second-order valence-corrected chi connectivity index (χ2v) is 4.62. The Hall–Kier alpha value is -1.17. The van der Waals surface area contributed by atoms with E-state index in [-0.39, 0.29) is 11.7 Å². The van der Waals surface area contributed by atoms with Gasteiger partial charge in [-0.1, -0.05) is 15.9 Å². The van der Waals surface area contributed by atoms with E-state index in [1.54, 1.807) is 4.90 Å². The van der Waals surface area contributed by atoms with Crippen LogP contribution >= 0.6 is 15.9 Å². The van der Waals surface area contributed by atoms with Crippen molar-refractivity contribution in [1.82, 2.24) is 4.90 Å². The quantitative estimate of drug-likeness (QED) is 0.713. The molecule has 0 radical (unpaired) electrons. The van der Waals surface area contributed by atoms with Gasteiger partial charge in [0, 0.05) is 24.0 Å². The summed E-state index contributed by atoms with van der Waals surface area (Å²) >= 11 is 3.32. The van der Waals surface area contributed by atoms with Crippen molar-refractivity contribution in [2.24, 2.45) is 0 Å². The van der Waals surface area contributed by atoms with Gasteiger partial charge in [0.1, 0.15) is 5.75 Å². The first-order chi connectivity index (χ1) is 9.08. The zero-order valence-electron chi connectivity index (χ0n) is 10.6. The lowest BCUT2D eigenvalue weighted by atomic mass is 10.2. The van der Waals surface area contributed by atoms with Gasteiger partial charge in [0.05, 0.1) is 0 Å². The number of nitrogens with zero attached hydrogens (tertiary/aromatic N) is 1. The van der Waals surface area contributed by atoms with Crippen molar-refractivity contribution in [1.29, 1.82) is 0 Å². The Kier molecular flexibility index (Phi) is 6.77. The van der Waals surface area contributed by atoms with Crippen molar-refractivity contribution in [3.8, 4) is 5.75 Å². The van der Waals surface area contributed by atoms with E-state index in [0.29, 0.717) is 18.7 Å². The number of carbonyl (C=O) groups excluding carboxylic acids is 1. The van der Waals surface area contributed by atoms with E-state index in [9.17, 15) is 13.6 Å². The second kappa shape index (κ2) is 8.09. The second-order valence-electron chi connectivity index (χ2n) is 3.83. The fourth-order valence-electron chi connectivity index (χ4n) is 1.62.